The van der Waals surface area contributed by atoms with Crippen LogP contribution < -0.4 is 0 Å². The van der Waals surface area contributed by atoms with Crippen LogP contribution in [-0.4, -0.2) is 35.7 Å². The molecule has 1 aromatic rings. The Morgan fingerprint density at radius 3 is 2.40 bits per heavy atom. The maximum Gasteiger partial charge on any atom is 0.410 e. The first kappa shape index (κ1) is 16.3. The maximum absolute atomic E-state index is 11.7. The topological polar surface area (TPSA) is 66.8 Å². The molecule has 0 heterocycles. The van der Waals surface area contributed by atoms with Crippen molar-refractivity contribution in [1.29, 1.82) is 0 Å². The summed E-state index contributed by atoms with van der Waals surface area (Å²) in [6.07, 6.45) is 0.603. The molecule has 1 atom stereocenters. The third kappa shape index (κ3) is 4.15. The number of hydrogen-bond donors (Lipinski definition) is 1. The van der Waals surface area contributed by atoms with Crippen molar-refractivity contribution in [3.05, 3.63) is 46.5 Å². The normalized spacial score (nSPS) is 11.6. The van der Waals surface area contributed by atoms with Gasteiger partial charge in [-0.2, -0.15) is 0 Å². The van der Waals surface area contributed by atoms with E-state index < -0.39 is 18.1 Å². The Morgan fingerprint density at radius 1 is 1.40 bits per heavy atom. The fourth-order valence-electron chi connectivity index (χ4n) is 1.60. The summed E-state index contributed by atoms with van der Waals surface area (Å²) in [7, 11) is 1.32. The molecule has 0 bridgehead atoms. The quantitative estimate of drug-likeness (QED) is 0.845. The van der Waals surface area contributed by atoms with Gasteiger partial charge in [0, 0.05) is 17.1 Å². The summed E-state index contributed by atoms with van der Waals surface area (Å²) in [6.45, 7) is 3.40. The third-order valence-corrected chi connectivity index (χ3v) is 2.87. The summed E-state index contributed by atoms with van der Waals surface area (Å²) < 4.78 is 4.81. The van der Waals surface area contributed by atoms with Crippen molar-refractivity contribution in [3.63, 3.8) is 0 Å². The van der Waals surface area contributed by atoms with Gasteiger partial charge in [0.1, 0.15) is 6.61 Å². The highest BCUT2D eigenvalue weighted by Gasteiger charge is 2.29. The second kappa shape index (κ2) is 7.17. The van der Waals surface area contributed by atoms with Crippen LogP contribution in [0.1, 0.15) is 11.6 Å². The number of carboxylic acids is 1. The van der Waals surface area contributed by atoms with Gasteiger partial charge >= 0.3 is 12.1 Å². The lowest BCUT2D eigenvalue weighted by Crippen LogP contribution is -2.36. The standard InChI is InChI=1S/C13H13Cl2NO4/c1-3-4-20-13(19)16(2)11(12(17)18)8-5-9(14)7-10(15)6-8/h3,5-7,11H,1,4H2,2H3,(H,17,18). The van der Waals surface area contributed by atoms with Crippen molar-refractivity contribution in [2.45, 2.75) is 6.04 Å². The van der Waals surface area contributed by atoms with Gasteiger partial charge in [-0.3, -0.25) is 4.90 Å². The van der Waals surface area contributed by atoms with Gasteiger partial charge in [-0.05, 0) is 23.8 Å². The molecule has 0 radical (unpaired) electrons. The monoisotopic (exact) mass is 317 g/mol. The molecule has 20 heavy (non-hydrogen) atoms. The molecule has 0 saturated heterocycles. The van der Waals surface area contributed by atoms with Crippen LogP contribution in [0.2, 0.25) is 10.0 Å². The van der Waals surface area contributed by atoms with Crippen molar-refractivity contribution < 1.29 is 19.4 Å². The number of hydrogen-bond acceptors (Lipinski definition) is 3. The molecule has 0 aliphatic rings. The highest BCUT2D eigenvalue weighted by atomic mass is 35.5. The molecular formula is C13H13Cl2NO4. The SMILES string of the molecule is C=CCOC(=O)N(C)C(C(=O)O)c1cc(Cl)cc(Cl)c1. The van der Waals surface area contributed by atoms with E-state index in [2.05, 4.69) is 6.58 Å². The average molecular weight is 318 g/mol. The smallest absolute Gasteiger partial charge is 0.410 e. The zero-order valence-corrected chi connectivity index (χ0v) is 12.2. The second-order valence-electron chi connectivity index (χ2n) is 3.92. The van der Waals surface area contributed by atoms with Crippen LogP contribution in [0.5, 0.6) is 0 Å². The summed E-state index contributed by atoms with van der Waals surface area (Å²) >= 11 is 11.7. The molecule has 5 nitrogen and oxygen atoms in total. The van der Waals surface area contributed by atoms with E-state index in [1.54, 1.807) is 0 Å². The number of nitrogens with zero attached hydrogens (tertiary/aromatic N) is 1. The van der Waals surface area contributed by atoms with Crippen molar-refractivity contribution in [2.75, 3.05) is 13.7 Å². The lowest BCUT2D eigenvalue weighted by Gasteiger charge is -2.24. The van der Waals surface area contributed by atoms with Gasteiger partial charge in [-0.15, -0.1) is 0 Å². The second-order valence-corrected chi connectivity index (χ2v) is 4.79. The minimum atomic E-state index is -1.25. The Balaban J connectivity index is 3.07. The van der Waals surface area contributed by atoms with Crippen LogP contribution >= 0.6 is 23.2 Å². The number of amides is 1. The Kier molecular flexibility index (Phi) is 5.85. The van der Waals surface area contributed by atoms with Crippen LogP contribution in [0.3, 0.4) is 0 Å². The fraction of sp³-hybridized carbons (Fsp3) is 0.231. The zero-order valence-electron chi connectivity index (χ0n) is 10.7. The van der Waals surface area contributed by atoms with Gasteiger partial charge in [0.05, 0.1) is 0 Å². The number of likely N-dealkylation sites (N-methyl/N-ethyl adjacent to an activating group) is 1. The number of aliphatic carboxylic acids is 1. The number of benzene rings is 1. The van der Waals surface area contributed by atoms with Crippen molar-refractivity contribution in [3.8, 4) is 0 Å². The Bertz CT molecular complexity index is 513. The van der Waals surface area contributed by atoms with Gasteiger partial charge in [-0.1, -0.05) is 35.9 Å². The van der Waals surface area contributed by atoms with Gasteiger partial charge < -0.3 is 9.84 Å². The van der Waals surface area contributed by atoms with E-state index in [-0.39, 0.29) is 22.2 Å². The zero-order chi connectivity index (χ0) is 15.3. The van der Waals surface area contributed by atoms with E-state index in [9.17, 15) is 14.7 Å². The van der Waals surface area contributed by atoms with Gasteiger partial charge in [0.2, 0.25) is 0 Å². The largest absolute Gasteiger partial charge is 0.479 e. The summed E-state index contributed by atoms with van der Waals surface area (Å²) in [5.74, 6) is -1.22. The molecule has 0 spiro atoms. The third-order valence-electron chi connectivity index (χ3n) is 2.43. The maximum atomic E-state index is 11.7. The lowest BCUT2D eigenvalue weighted by atomic mass is 10.1. The van der Waals surface area contributed by atoms with Crippen LogP contribution in [0, 0.1) is 0 Å². The minimum absolute atomic E-state index is 0.00812. The Morgan fingerprint density at radius 2 is 1.95 bits per heavy atom. The Hall–Kier alpha value is -1.72. The van der Waals surface area contributed by atoms with Gasteiger partial charge in [-0.25, -0.2) is 9.59 Å². The summed E-state index contributed by atoms with van der Waals surface area (Å²) in [6, 6.07) is 3.10. The molecule has 0 aliphatic carbocycles. The average Bonchev–Trinajstić information content (AvgIpc) is 2.34. The molecule has 108 valence electrons. The summed E-state index contributed by atoms with van der Waals surface area (Å²) in [5, 5.41) is 9.87. The number of carboxylic acid groups (broad SMARTS) is 1. The van der Waals surface area contributed by atoms with Crippen molar-refractivity contribution in [1.82, 2.24) is 4.90 Å². The molecule has 1 unspecified atom stereocenters. The van der Waals surface area contributed by atoms with Crippen LogP contribution in [0.25, 0.3) is 0 Å². The van der Waals surface area contributed by atoms with Crippen LogP contribution in [-0.2, 0) is 9.53 Å². The lowest BCUT2D eigenvalue weighted by molar-refractivity contribution is -0.142. The molecule has 1 amide bonds. The predicted molar refractivity (Wildman–Crippen MR) is 76.1 cm³/mol. The molecule has 0 fully saturated rings. The van der Waals surface area contributed by atoms with E-state index in [1.165, 1.54) is 31.3 Å². The molecule has 7 heteroatoms. The van der Waals surface area contributed by atoms with Crippen molar-refractivity contribution >= 4 is 35.3 Å². The predicted octanol–water partition coefficient (Wildman–Crippen LogP) is 3.37. The molecule has 0 aliphatic heterocycles. The highest BCUT2D eigenvalue weighted by molar-refractivity contribution is 6.34. The van der Waals surface area contributed by atoms with Gasteiger partial charge in [0.25, 0.3) is 0 Å². The molecule has 1 rings (SSSR count). The first-order chi connectivity index (χ1) is 9.36. The van der Waals surface area contributed by atoms with E-state index in [1.807, 2.05) is 0 Å². The van der Waals surface area contributed by atoms with Crippen LogP contribution in [0.4, 0.5) is 4.79 Å². The highest BCUT2D eigenvalue weighted by Crippen LogP contribution is 2.27. The molecule has 1 N–H and O–H groups in total. The van der Waals surface area contributed by atoms with E-state index in [0.717, 1.165) is 4.90 Å². The van der Waals surface area contributed by atoms with Gasteiger partial charge in [0.15, 0.2) is 6.04 Å². The minimum Gasteiger partial charge on any atom is -0.479 e. The van der Waals surface area contributed by atoms with Crippen LogP contribution in [0.15, 0.2) is 30.9 Å². The van der Waals surface area contributed by atoms with E-state index >= 15 is 0 Å². The number of carbonyl (C=O) groups is 2. The van der Waals surface area contributed by atoms with E-state index in [0.29, 0.717) is 0 Å². The number of halogens is 2. The summed E-state index contributed by atoms with van der Waals surface area (Å²) in [4.78, 5) is 24.1. The number of rotatable bonds is 5. The number of ether oxygens (including phenoxy) is 1. The molecule has 1 aromatic carbocycles. The van der Waals surface area contributed by atoms with E-state index in [4.69, 9.17) is 27.9 Å². The first-order valence-electron chi connectivity index (χ1n) is 5.56. The summed E-state index contributed by atoms with van der Waals surface area (Å²) in [5.41, 5.74) is 0.285. The molecular weight excluding hydrogens is 305 g/mol. The number of carbonyl (C=O) groups excluding carboxylic acids is 1. The molecule has 0 saturated carbocycles. The molecule has 0 aromatic heterocycles. The fourth-order valence-corrected chi connectivity index (χ4v) is 2.15. The first-order valence-corrected chi connectivity index (χ1v) is 6.31. The Labute approximate surface area is 126 Å². The van der Waals surface area contributed by atoms with Crippen molar-refractivity contribution in [2.24, 2.45) is 0 Å².